The Kier molecular flexibility index (Phi) is 8.95. The standard InChI is InChI=1S/C8H16N6O8S2/c1-23(17,18)21-3-5(15)7(11-13-9)8(12-14-10)6(16)4-22-24(2,19)20/h5-8,15-16H,3-4H2,1-2H3/t5-,6-,7+,8+/m1/s1. The van der Waals surface area contributed by atoms with E-state index in [1.165, 1.54) is 0 Å². The minimum atomic E-state index is -3.92. The summed E-state index contributed by atoms with van der Waals surface area (Å²) < 4.78 is 52.3. The molecule has 0 saturated carbocycles. The monoisotopic (exact) mass is 388 g/mol. The molecule has 0 aromatic carbocycles. The Morgan fingerprint density at radius 2 is 1.17 bits per heavy atom. The molecule has 0 saturated heterocycles. The van der Waals surface area contributed by atoms with Crippen molar-refractivity contribution in [2.45, 2.75) is 24.3 Å². The first kappa shape index (κ1) is 22.4. The molecule has 0 aliphatic heterocycles. The first-order valence-electron chi connectivity index (χ1n) is 6.04. The van der Waals surface area contributed by atoms with Crippen LogP contribution < -0.4 is 0 Å². The Morgan fingerprint density at radius 1 is 0.875 bits per heavy atom. The van der Waals surface area contributed by atoms with E-state index >= 15 is 0 Å². The van der Waals surface area contributed by atoms with Crippen molar-refractivity contribution in [3.63, 3.8) is 0 Å². The zero-order valence-corrected chi connectivity index (χ0v) is 14.2. The summed E-state index contributed by atoms with van der Waals surface area (Å²) in [6, 6.07) is -3.29. The first-order chi connectivity index (χ1) is 10.9. The molecule has 0 unspecified atom stereocenters. The zero-order valence-electron chi connectivity index (χ0n) is 12.6. The summed E-state index contributed by atoms with van der Waals surface area (Å²) in [5, 5.41) is 26.0. The normalized spacial score (nSPS) is 17.0. The van der Waals surface area contributed by atoms with Gasteiger partial charge >= 0.3 is 0 Å². The summed E-state index contributed by atoms with van der Waals surface area (Å²) >= 11 is 0. The highest BCUT2D eigenvalue weighted by atomic mass is 32.2. The van der Waals surface area contributed by atoms with Crippen molar-refractivity contribution in [2.24, 2.45) is 10.2 Å². The summed E-state index contributed by atoms with van der Waals surface area (Å²) in [6.45, 7) is -1.70. The first-order valence-corrected chi connectivity index (χ1v) is 9.68. The van der Waals surface area contributed by atoms with Crippen molar-refractivity contribution in [2.75, 3.05) is 25.7 Å². The molecule has 0 rings (SSSR count). The molecule has 138 valence electrons. The van der Waals surface area contributed by atoms with Crippen LogP contribution in [-0.2, 0) is 28.6 Å². The van der Waals surface area contributed by atoms with Gasteiger partial charge in [0, 0.05) is 9.82 Å². The van der Waals surface area contributed by atoms with Crippen molar-refractivity contribution >= 4 is 20.2 Å². The fourth-order valence-corrected chi connectivity index (χ4v) is 2.22. The lowest BCUT2D eigenvalue weighted by Gasteiger charge is -2.27. The van der Waals surface area contributed by atoms with Gasteiger partial charge in [0.05, 0.1) is 50.0 Å². The Hall–Kier alpha value is -1.64. The van der Waals surface area contributed by atoms with Crippen molar-refractivity contribution in [1.29, 1.82) is 0 Å². The summed E-state index contributed by atoms with van der Waals surface area (Å²) in [6.07, 6.45) is -2.14. The van der Waals surface area contributed by atoms with Crippen LogP contribution in [0.15, 0.2) is 10.2 Å². The molecule has 2 N–H and O–H groups in total. The second-order valence-corrected chi connectivity index (χ2v) is 7.79. The Balaban J connectivity index is 5.35. The molecule has 0 aliphatic carbocycles. The zero-order chi connectivity index (χ0) is 19.0. The fourth-order valence-electron chi connectivity index (χ4n) is 1.45. The average molecular weight is 388 g/mol. The number of aliphatic hydroxyl groups is 2. The lowest BCUT2D eigenvalue weighted by molar-refractivity contribution is 0.0337. The fraction of sp³-hybridized carbons (Fsp3) is 1.00. The van der Waals surface area contributed by atoms with Crippen LogP contribution in [0, 0.1) is 0 Å². The van der Waals surface area contributed by atoms with Crippen LogP contribution in [0.1, 0.15) is 0 Å². The lowest BCUT2D eigenvalue weighted by atomic mass is 9.99. The van der Waals surface area contributed by atoms with Crippen molar-refractivity contribution in [1.82, 2.24) is 0 Å². The summed E-state index contributed by atoms with van der Waals surface area (Å²) in [7, 11) is -7.84. The highest BCUT2D eigenvalue weighted by Crippen LogP contribution is 2.16. The van der Waals surface area contributed by atoms with E-state index in [0.717, 1.165) is 0 Å². The predicted octanol–water partition coefficient (Wildman–Crippen LogP) is -0.982. The number of nitrogens with zero attached hydrogens (tertiary/aromatic N) is 6. The molecule has 0 aromatic heterocycles. The van der Waals surface area contributed by atoms with Crippen LogP contribution in [0.4, 0.5) is 0 Å². The van der Waals surface area contributed by atoms with Gasteiger partial charge in [0.25, 0.3) is 20.2 Å². The van der Waals surface area contributed by atoms with Crippen LogP contribution in [0.3, 0.4) is 0 Å². The summed E-state index contributed by atoms with van der Waals surface area (Å²) in [5.41, 5.74) is 17.0. The van der Waals surface area contributed by atoms with Crippen molar-refractivity contribution < 1.29 is 35.4 Å². The van der Waals surface area contributed by atoms with Crippen LogP contribution in [0.2, 0.25) is 0 Å². The molecule has 0 bridgehead atoms. The molecule has 0 fully saturated rings. The van der Waals surface area contributed by atoms with Crippen LogP contribution in [-0.4, -0.2) is 77.1 Å². The number of hydrogen-bond donors (Lipinski definition) is 2. The minimum absolute atomic E-state index is 0.710. The van der Waals surface area contributed by atoms with E-state index in [1.807, 2.05) is 0 Å². The van der Waals surface area contributed by atoms with Gasteiger partial charge in [-0.1, -0.05) is 10.2 Å². The second-order valence-electron chi connectivity index (χ2n) is 4.50. The molecular weight excluding hydrogens is 372 g/mol. The maximum absolute atomic E-state index is 10.9. The predicted molar refractivity (Wildman–Crippen MR) is 79.5 cm³/mol. The summed E-state index contributed by atoms with van der Waals surface area (Å²) in [5.74, 6) is 0. The van der Waals surface area contributed by atoms with Gasteiger partial charge in [0.2, 0.25) is 0 Å². The molecule has 0 heterocycles. The number of aliphatic hydroxyl groups excluding tert-OH is 2. The number of hydrogen-bond acceptors (Lipinski definition) is 10. The highest BCUT2D eigenvalue weighted by Gasteiger charge is 2.33. The highest BCUT2D eigenvalue weighted by molar-refractivity contribution is 7.86. The molecule has 14 nitrogen and oxygen atoms in total. The Bertz CT molecular complexity index is 649. The molecule has 0 spiro atoms. The number of azide groups is 2. The van der Waals surface area contributed by atoms with E-state index in [4.69, 9.17) is 11.1 Å². The van der Waals surface area contributed by atoms with Gasteiger partial charge < -0.3 is 10.2 Å². The molecule has 0 aliphatic rings. The van der Waals surface area contributed by atoms with Gasteiger partial charge in [-0.2, -0.15) is 16.8 Å². The largest absolute Gasteiger partial charge is 0.390 e. The van der Waals surface area contributed by atoms with Gasteiger partial charge in [0.15, 0.2) is 0 Å². The molecule has 0 aromatic rings. The third kappa shape index (κ3) is 9.49. The molecular formula is C8H16N6O8S2. The van der Waals surface area contributed by atoms with Gasteiger partial charge in [-0.25, -0.2) is 0 Å². The summed E-state index contributed by atoms with van der Waals surface area (Å²) in [4.78, 5) is 4.80. The third-order valence-corrected chi connectivity index (χ3v) is 3.54. The van der Waals surface area contributed by atoms with E-state index in [1.54, 1.807) is 0 Å². The molecule has 0 radical (unpaired) electrons. The topological polar surface area (TPSA) is 225 Å². The van der Waals surface area contributed by atoms with Gasteiger partial charge in [0.1, 0.15) is 0 Å². The van der Waals surface area contributed by atoms with Crippen molar-refractivity contribution in [3.05, 3.63) is 20.9 Å². The molecule has 0 amide bonds. The van der Waals surface area contributed by atoms with Gasteiger partial charge in [-0.3, -0.25) is 8.37 Å². The lowest BCUT2D eigenvalue weighted by Crippen LogP contribution is -2.45. The number of rotatable bonds is 11. The van der Waals surface area contributed by atoms with E-state index < -0.39 is 57.7 Å². The van der Waals surface area contributed by atoms with Gasteiger partial charge in [-0.15, -0.1) is 0 Å². The maximum atomic E-state index is 10.9. The molecule has 16 heteroatoms. The maximum Gasteiger partial charge on any atom is 0.264 e. The Morgan fingerprint density at radius 3 is 1.38 bits per heavy atom. The van der Waals surface area contributed by atoms with Crippen LogP contribution in [0.5, 0.6) is 0 Å². The van der Waals surface area contributed by atoms with Crippen molar-refractivity contribution in [3.8, 4) is 0 Å². The molecule has 24 heavy (non-hydrogen) atoms. The van der Waals surface area contributed by atoms with Crippen LogP contribution in [0.25, 0.3) is 20.9 Å². The average Bonchev–Trinajstić information content (AvgIpc) is 2.44. The van der Waals surface area contributed by atoms with E-state index in [0.29, 0.717) is 12.5 Å². The quantitative estimate of drug-likeness (QED) is 0.193. The van der Waals surface area contributed by atoms with E-state index in [9.17, 15) is 27.0 Å². The van der Waals surface area contributed by atoms with Gasteiger partial charge in [-0.05, 0) is 11.1 Å². The third-order valence-electron chi connectivity index (χ3n) is 2.41. The minimum Gasteiger partial charge on any atom is -0.390 e. The molecule has 4 atom stereocenters. The van der Waals surface area contributed by atoms with Crippen LogP contribution >= 0.6 is 0 Å². The van der Waals surface area contributed by atoms with E-state index in [-0.39, 0.29) is 0 Å². The SMILES string of the molecule is CS(=O)(=O)OC[C@@H](O)[C@H](N=[N+]=[N-])[C@@H](N=[N+]=[N-])[C@H](O)COS(C)(=O)=O. The second kappa shape index (κ2) is 9.61. The van der Waals surface area contributed by atoms with E-state index in [2.05, 4.69) is 28.4 Å². The Labute approximate surface area is 137 Å². The smallest absolute Gasteiger partial charge is 0.264 e.